The molecular weight excluding hydrogens is 402 g/mol. The summed E-state index contributed by atoms with van der Waals surface area (Å²) >= 11 is 4.56. The maximum atomic E-state index is 12.7. The smallest absolute Gasteiger partial charge is 0.316 e. The standard InChI is InChI=1S/C14H16BrN3O3S2/c1-10-4-5-13(22-10)23(19,20)18-6-2-3-12(9-18)21-14-16-7-11(15)8-17-14/h4-5,7-8,12H,2-3,6,9H2,1H3. The highest BCUT2D eigenvalue weighted by molar-refractivity contribution is 9.10. The molecule has 3 rings (SSSR count). The van der Waals surface area contributed by atoms with Gasteiger partial charge in [0.25, 0.3) is 10.0 Å². The van der Waals surface area contributed by atoms with E-state index in [4.69, 9.17) is 4.74 Å². The molecule has 6 nitrogen and oxygen atoms in total. The topological polar surface area (TPSA) is 72.4 Å². The molecule has 1 fully saturated rings. The van der Waals surface area contributed by atoms with E-state index < -0.39 is 10.0 Å². The lowest BCUT2D eigenvalue weighted by Crippen LogP contribution is -2.44. The van der Waals surface area contributed by atoms with Crippen LogP contribution in [0.3, 0.4) is 0 Å². The van der Waals surface area contributed by atoms with Crippen molar-refractivity contribution in [2.45, 2.75) is 30.1 Å². The number of hydrogen-bond donors (Lipinski definition) is 0. The summed E-state index contributed by atoms with van der Waals surface area (Å²) in [7, 11) is -3.45. The largest absolute Gasteiger partial charge is 0.459 e. The molecule has 1 atom stereocenters. The van der Waals surface area contributed by atoms with Crippen LogP contribution in [0.2, 0.25) is 0 Å². The van der Waals surface area contributed by atoms with Gasteiger partial charge in [0.05, 0.1) is 11.0 Å². The highest BCUT2D eigenvalue weighted by atomic mass is 79.9. The Balaban J connectivity index is 1.71. The van der Waals surface area contributed by atoms with Crippen molar-refractivity contribution in [2.24, 2.45) is 0 Å². The van der Waals surface area contributed by atoms with E-state index in [2.05, 4.69) is 25.9 Å². The Morgan fingerprint density at radius 1 is 1.35 bits per heavy atom. The van der Waals surface area contributed by atoms with Crippen LogP contribution in [0.25, 0.3) is 0 Å². The fourth-order valence-corrected chi connectivity index (χ4v) is 5.56. The lowest BCUT2D eigenvalue weighted by Gasteiger charge is -2.31. The molecule has 124 valence electrons. The summed E-state index contributed by atoms with van der Waals surface area (Å²) < 4.78 is 33.7. The van der Waals surface area contributed by atoms with Gasteiger partial charge in [-0.3, -0.25) is 0 Å². The minimum atomic E-state index is -3.45. The molecule has 0 amide bonds. The van der Waals surface area contributed by atoms with Crippen LogP contribution in [0.5, 0.6) is 6.01 Å². The molecule has 3 heterocycles. The van der Waals surface area contributed by atoms with Gasteiger partial charge in [-0.2, -0.15) is 4.31 Å². The number of hydrogen-bond acceptors (Lipinski definition) is 6. The van der Waals surface area contributed by atoms with Gasteiger partial charge < -0.3 is 4.74 Å². The average molecular weight is 418 g/mol. The second-order valence-electron chi connectivity index (χ2n) is 5.29. The summed E-state index contributed by atoms with van der Waals surface area (Å²) in [5.41, 5.74) is 0. The van der Waals surface area contributed by atoms with Gasteiger partial charge in [0.2, 0.25) is 0 Å². The zero-order valence-electron chi connectivity index (χ0n) is 12.5. The van der Waals surface area contributed by atoms with E-state index in [1.54, 1.807) is 18.5 Å². The van der Waals surface area contributed by atoms with E-state index in [0.29, 0.717) is 17.3 Å². The summed E-state index contributed by atoms with van der Waals surface area (Å²) in [5.74, 6) is 0. The maximum Gasteiger partial charge on any atom is 0.316 e. The number of piperidine rings is 1. The molecule has 1 unspecified atom stereocenters. The molecular formula is C14H16BrN3O3S2. The van der Waals surface area contributed by atoms with E-state index in [-0.39, 0.29) is 12.1 Å². The van der Waals surface area contributed by atoms with Crippen molar-refractivity contribution in [3.63, 3.8) is 0 Å². The van der Waals surface area contributed by atoms with Crippen molar-refractivity contribution in [2.75, 3.05) is 13.1 Å². The Labute approximate surface area is 147 Å². The van der Waals surface area contributed by atoms with Crippen molar-refractivity contribution in [1.29, 1.82) is 0 Å². The lowest BCUT2D eigenvalue weighted by molar-refractivity contribution is 0.119. The third-order valence-corrected chi connectivity index (χ3v) is 7.26. The first-order valence-electron chi connectivity index (χ1n) is 7.16. The molecule has 0 bridgehead atoms. The Kier molecular flexibility index (Phi) is 5.00. The lowest BCUT2D eigenvalue weighted by atomic mass is 10.1. The molecule has 2 aromatic heterocycles. The maximum absolute atomic E-state index is 12.7. The number of sulfonamides is 1. The van der Waals surface area contributed by atoms with Crippen molar-refractivity contribution in [3.05, 3.63) is 33.9 Å². The molecule has 1 saturated heterocycles. The first-order valence-corrected chi connectivity index (χ1v) is 10.2. The fourth-order valence-electron chi connectivity index (χ4n) is 2.41. The zero-order chi connectivity index (χ0) is 16.4. The number of aromatic nitrogens is 2. The van der Waals surface area contributed by atoms with Gasteiger partial charge in [-0.05, 0) is 47.8 Å². The molecule has 0 N–H and O–H groups in total. The number of rotatable bonds is 4. The molecule has 2 aromatic rings. The first kappa shape index (κ1) is 16.8. The van der Waals surface area contributed by atoms with Crippen molar-refractivity contribution in [3.8, 4) is 6.01 Å². The van der Waals surface area contributed by atoms with Gasteiger partial charge in [0.15, 0.2) is 0 Å². The number of halogens is 1. The predicted octanol–water partition coefficient (Wildman–Crippen LogP) is 2.84. The summed E-state index contributed by atoms with van der Waals surface area (Å²) in [6.45, 7) is 2.73. The Morgan fingerprint density at radius 2 is 2.09 bits per heavy atom. The second-order valence-corrected chi connectivity index (χ2v) is 9.66. The van der Waals surface area contributed by atoms with Gasteiger partial charge >= 0.3 is 6.01 Å². The first-order chi connectivity index (χ1) is 10.9. The van der Waals surface area contributed by atoms with E-state index in [1.807, 2.05) is 13.0 Å². The van der Waals surface area contributed by atoms with Crippen LogP contribution >= 0.6 is 27.3 Å². The summed E-state index contributed by atoms with van der Waals surface area (Å²) in [6, 6.07) is 3.76. The summed E-state index contributed by atoms with van der Waals surface area (Å²) in [6.07, 6.45) is 4.52. The third kappa shape index (κ3) is 3.90. The molecule has 0 saturated carbocycles. The minimum absolute atomic E-state index is 0.235. The number of nitrogens with zero attached hydrogens (tertiary/aromatic N) is 3. The van der Waals surface area contributed by atoms with Gasteiger partial charge in [-0.25, -0.2) is 18.4 Å². The highest BCUT2D eigenvalue weighted by Gasteiger charge is 2.32. The van der Waals surface area contributed by atoms with Crippen molar-refractivity contribution < 1.29 is 13.2 Å². The van der Waals surface area contributed by atoms with Crippen LogP contribution in [0.1, 0.15) is 17.7 Å². The quantitative estimate of drug-likeness (QED) is 0.764. The van der Waals surface area contributed by atoms with Crippen LogP contribution in [0.15, 0.2) is 33.2 Å². The number of ether oxygens (including phenoxy) is 1. The van der Waals surface area contributed by atoms with E-state index in [0.717, 1.165) is 22.2 Å². The van der Waals surface area contributed by atoms with E-state index in [1.165, 1.54) is 15.6 Å². The van der Waals surface area contributed by atoms with Crippen molar-refractivity contribution in [1.82, 2.24) is 14.3 Å². The number of aryl methyl sites for hydroxylation is 1. The monoisotopic (exact) mass is 417 g/mol. The predicted molar refractivity (Wildman–Crippen MR) is 91.2 cm³/mol. The second kappa shape index (κ2) is 6.84. The molecule has 0 aromatic carbocycles. The summed E-state index contributed by atoms with van der Waals surface area (Å²) in [5, 5.41) is 0. The molecule has 0 aliphatic carbocycles. The van der Waals surface area contributed by atoms with Gasteiger partial charge in [0, 0.05) is 23.8 Å². The third-order valence-electron chi connectivity index (χ3n) is 3.52. The van der Waals surface area contributed by atoms with Crippen LogP contribution in [-0.4, -0.2) is 41.9 Å². The van der Waals surface area contributed by atoms with Gasteiger partial charge in [-0.1, -0.05) is 0 Å². The Morgan fingerprint density at radius 3 is 2.74 bits per heavy atom. The zero-order valence-corrected chi connectivity index (χ0v) is 15.7. The normalized spacial score (nSPS) is 19.7. The highest BCUT2D eigenvalue weighted by Crippen LogP contribution is 2.27. The van der Waals surface area contributed by atoms with Gasteiger partial charge in [0.1, 0.15) is 10.3 Å². The van der Waals surface area contributed by atoms with E-state index >= 15 is 0 Å². The molecule has 0 spiro atoms. The molecule has 0 radical (unpaired) electrons. The minimum Gasteiger partial charge on any atom is -0.459 e. The van der Waals surface area contributed by atoms with Crippen LogP contribution < -0.4 is 4.74 Å². The molecule has 23 heavy (non-hydrogen) atoms. The van der Waals surface area contributed by atoms with Crippen LogP contribution in [0.4, 0.5) is 0 Å². The van der Waals surface area contributed by atoms with Crippen LogP contribution in [-0.2, 0) is 10.0 Å². The average Bonchev–Trinajstić information content (AvgIpc) is 2.97. The Bertz CT molecular complexity index is 777. The molecule has 9 heteroatoms. The Hall–Kier alpha value is -1.03. The molecule has 1 aliphatic rings. The van der Waals surface area contributed by atoms with Gasteiger partial charge in [-0.15, -0.1) is 11.3 Å². The fraction of sp³-hybridized carbons (Fsp3) is 0.429. The van der Waals surface area contributed by atoms with Crippen LogP contribution in [0, 0.1) is 6.92 Å². The number of thiophene rings is 1. The summed E-state index contributed by atoms with van der Waals surface area (Å²) in [4.78, 5) is 9.13. The SMILES string of the molecule is Cc1ccc(S(=O)(=O)N2CCCC(Oc3ncc(Br)cn3)C2)s1. The van der Waals surface area contributed by atoms with E-state index in [9.17, 15) is 8.42 Å². The van der Waals surface area contributed by atoms with Crippen molar-refractivity contribution >= 4 is 37.3 Å². The molecule has 1 aliphatic heterocycles.